The Balaban J connectivity index is 2.12. The third kappa shape index (κ3) is 3.98. The van der Waals surface area contributed by atoms with Gasteiger partial charge >= 0.3 is 0 Å². The molecule has 2 aromatic carbocycles. The molecule has 0 aliphatic heterocycles. The first-order valence-electron chi connectivity index (χ1n) is 6.97. The maximum absolute atomic E-state index is 9.90. The quantitative estimate of drug-likeness (QED) is 0.725. The average Bonchev–Trinajstić information content (AvgIpc) is 2.59. The molecule has 0 saturated carbocycles. The van der Waals surface area contributed by atoms with Crippen LogP contribution < -0.4 is 9.47 Å². The molecule has 0 aliphatic rings. The summed E-state index contributed by atoms with van der Waals surface area (Å²) in [4.78, 5) is 0. The lowest BCUT2D eigenvalue weighted by molar-refractivity contribution is -0.0153. The van der Waals surface area contributed by atoms with E-state index in [1.54, 1.807) is 18.2 Å². The molecule has 0 saturated heterocycles. The number of rotatable bonds is 7. The molecule has 2 unspecified atom stereocenters. The van der Waals surface area contributed by atoms with Gasteiger partial charge in [-0.25, -0.2) is 0 Å². The van der Waals surface area contributed by atoms with Crippen molar-refractivity contribution in [3.05, 3.63) is 59.7 Å². The van der Waals surface area contributed by atoms with Gasteiger partial charge in [0.25, 0.3) is 0 Å². The van der Waals surface area contributed by atoms with Gasteiger partial charge in [0.1, 0.15) is 18.8 Å². The summed E-state index contributed by atoms with van der Waals surface area (Å²) in [6.45, 7) is -0.117. The molecular weight excluding hydrogens is 284 g/mol. The van der Waals surface area contributed by atoms with Crippen LogP contribution in [-0.4, -0.2) is 35.1 Å². The summed E-state index contributed by atoms with van der Waals surface area (Å²) < 4.78 is 11.0. The highest BCUT2D eigenvalue weighted by Gasteiger charge is 2.19. The van der Waals surface area contributed by atoms with Crippen molar-refractivity contribution >= 4 is 0 Å². The highest BCUT2D eigenvalue weighted by Crippen LogP contribution is 2.31. The highest BCUT2D eigenvalue weighted by molar-refractivity contribution is 5.44. The molecule has 3 N–H and O–H groups in total. The smallest absolute Gasteiger partial charge is 0.161 e. The molecule has 0 aliphatic carbocycles. The Morgan fingerprint density at radius 3 is 2.36 bits per heavy atom. The van der Waals surface area contributed by atoms with Crippen molar-refractivity contribution < 1.29 is 24.8 Å². The molecule has 5 heteroatoms. The minimum atomic E-state index is -1.24. The summed E-state index contributed by atoms with van der Waals surface area (Å²) in [5.41, 5.74) is 1.48. The van der Waals surface area contributed by atoms with E-state index in [9.17, 15) is 10.2 Å². The summed E-state index contributed by atoms with van der Waals surface area (Å²) >= 11 is 0. The van der Waals surface area contributed by atoms with Gasteiger partial charge in [0.2, 0.25) is 0 Å². The lowest BCUT2D eigenvalue weighted by atomic mass is 10.0. The first-order chi connectivity index (χ1) is 10.7. The Morgan fingerprint density at radius 2 is 1.73 bits per heavy atom. The number of methoxy groups -OCH3 is 1. The van der Waals surface area contributed by atoms with Gasteiger partial charge in [-0.3, -0.25) is 0 Å². The Hall–Kier alpha value is -2.08. The standard InChI is InChI=1S/C17H20O5/c1-21-16-9-13(17(20)14(19)10-18)7-8-15(16)22-11-12-5-3-2-4-6-12/h2-9,14,17-20H,10-11H2,1H3. The van der Waals surface area contributed by atoms with Crippen LogP contribution >= 0.6 is 0 Å². The van der Waals surface area contributed by atoms with E-state index in [-0.39, 0.29) is 0 Å². The zero-order valence-electron chi connectivity index (χ0n) is 12.3. The van der Waals surface area contributed by atoms with Crippen LogP contribution in [0.5, 0.6) is 11.5 Å². The SMILES string of the molecule is COc1cc(C(O)C(O)CO)ccc1OCc1ccccc1. The van der Waals surface area contributed by atoms with E-state index >= 15 is 0 Å². The van der Waals surface area contributed by atoms with E-state index in [1.165, 1.54) is 7.11 Å². The Morgan fingerprint density at radius 1 is 1.00 bits per heavy atom. The second-order valence-corrected chi connectivity index (χ2v) is 4.88. The van der Waals surface area contributed by atoms with Crippen LogP contribution in [0, 0.1) is 0 Å². The number of ether oxygens (including phenoxy) is 2. The van der Waals surface area contributed by atoms with E-state index in [2.05, 4.69) is 0 Å². The van der Waals surface area contributed by atoms with Crippen LogP contribution in [0.3, 0.4) is 0 Å². The Bertz CT molecular complexity index is 585. The van der Waals surface area contributed by atoms with Crippen LogP contribution in [0.15, 0.2) is 48.5 Å². The summed E-state index contributed by atoms with van der Waals surface area (Å²) in [6, 6.07) is 14.6. The van der Waals surface area contributed by atoms with Gasteiger partial charge in [0, 0.05) is 0 Å². The molecular formula is C17H20O5. The summed E-state index contributed by atoms with van der Waals surface area (Å²) in [7, 11) is 1.50. The molecule has 2 rings (SSSR count). The van der Waals surface area contributed by atoms with Crippen molar-refractivity contribution in [2.75, 3.05) is 13.7 Å². The first kappa shape index (κ1) is 16.3. The van der Waals surface area contributed by atoms with E-state index in [0.29, 0.717) is 23.7 Å². The van der Waals surface area contributed by atoms with Crippen LogP contribution in [0.1, 0.15) is 17.2 Å². The minimum absolute atomic E-state index is 0.401. The molecule has 2 aromatic rings. The molecule has 0 radical (unpaired) electrons. The van der Waals surface area contributed by atoms with Crippen molar-refractivity contribution in [1.82, 2.24) is 0 Å². The average molecular weight is 304 g/mol. The number of hydrogen-bond acceptors (Lipinski definition) is 5. The molecule has 2 atom stereocenters. The van der Waals surface area contributed by atoms with E-state index < -0.39 is 18.8 Å². The summed E-state index contributed by atoms with van der Waals surface area (Å²) in [5.74, 6) is 0.999. The van der Waals surface area contributed by atoms with E-state index in [0.717, 1.165) is 5.56 Å². The molecule has 0 spiro atoms. The highest BCUT2D eigenvalue weighted by atomic mass is 16.5. The Labute approximate surface area is 129 Å². The monoisotopic (exact) mass is 304 g/mol. The van der Waals surface area contributed by atoms with Gasteiger partial charge < -0.3 is 24.8 Å². The van der Waals surface area contributed by atoms with Gasteiger partial charge in [-0.2, -0.15) is 0 Å². The van der Waals surface area contributed by atoms with E-state index in [4.69, 9.17) is 14.6 Å². The zero-order chi connectivity index (χ0) is 15.9. The predicted octanol–water partition coefficient (Wildman–Crippen LogP) is 1.66. The molecule has 0 amide bonds. The third-order valence-corrected chi connectivity index (χ3v) is 3.32. The number of aliphatic hydroxyl groups excluding tert-OH is 3. The van der Waals surface area contributed by atoms with Crippen molar-refractivity contribution in [2.24, 2.45) is 0 Å². The van der Waals surface area contributed by atoms with Gasteiger partial charge in [-0.15, -0.1) is 0 Å². The maximum atomic E-state index is 9.90. The number of benzene rings is 2. The lowest BCUT2D eigenvalue weighted by Crippen LogP contribution is -2.22. The fourth-order valence-electron chi connectivity index (χ4n) is 2.04. The van der Waals surface area contributed by atoms with Crippen LogP contribution in [0.4, 0.5) is 0 Å². The predicted molar refractivity (Wildman–Crippen MR) is 81.8 cm³/mol. The fraction of sp³-hybridized carbons (Fsp3) is 0.294. The molecule has 0 bridgehead atoms. The van der Waals surface area contributed by atoms with Crippen molar-refractivity contribution in [3.63, 3.8) is 0 Å². The first-order valence-corrected chi connectivity index (χ1v) is 6.97. The third-order valence-electron chi connectivity index (χ3n) is 3.32. The zero-order valence-corrected chi connectivity index (χ0v) is 12.3. The van der Waals surface area contributed by atoms with Gasteiger partial charge in [-0.05, 0) is 23.3 Å². The maximum Gasteiger partial charge on any atom is 0.161 e. The lowest BCUT2D eigenvalue weighted by Gasteiger charge is -2.18. The van der Waals surface area contributed by atoms with Crippen molar-refractivity contribution in [2.45, 2.75) is 18.8 Å². The molecule has 118 valence electrons. The molecule has 22 heavy (non-hydrogen) atoms. The minimum Gasteiger partial charge on any atom is -0.493 e. The topological polar surface area (TPSA) is 79.2 Å². The van der Waals surface area contributed by atoms with Crippen molar-refractivity contribution in [3.8, 4) is 11.5 Å². The normalized spacial score (nSPS) is 13.5. The molecule has 5 nitrogen and oxygen atoms in total. The second-order valence-electron chi connectivity index (χ2n) is 4.88. The van der Waals surface area contributed by atoms with Crippen LogP contribution in [0.25, 0.3) is 0 Å². The van der Waals surface area contributed by atoms with Crippen molar-refractivity contribution in [1.29, 1.82) is 0 Å². The largest absolute Gasteiger partial charge is 0.493 e. The van der Waals surface area contributed by atoms with Gasteiger partial charge in [-0.1, -0.05) is 36.4 Å². The molecule has 0 fully saturated rings. The molecule has 0 heterocycles. The fourth-order valence-corrected chi connectivity index (χ4v) is 2.04. The summed E-state index contributed by atoms with van der Waals surface area (Å²) in [5, 5.41) is 28.3. The summed E-state index contributed by atoms with van der Waals surface area (Å²) in [6.07, 6.45) is -2.41. The number of hydrogen-bond donors (Lipinski definition) is 3. The van der Waals surface area contributed by atoms with Crippen LogP contribution in [0.2, 0.25) is 0 Å². The van der Waals surface area contributed by atoms with Gasteiger partial charge in [0.15, 0.2) is 11.5 Å². The van der Waals surface area contributed by atoms with Gasteiger partial charge in [0.05, 0.1) is 13.7 Å². The molecule has 0 aromatic heterocycles. The van der Waals surface area contributed by atoms with Crippen LogP contribution in [-0.2, 0) is 6.61 Å². The number of aliphatic hydroxyl groups is 3. The van der Waals surface area contributed by atoms with E-state index in [1.807, 2.05) is 30.3 Å². The second kappa shape index (κ2) is 7.79. The Kier molecular flexibility index (Phi) is 5.77.